The van der Waals surface area contributed by atoms with Crippen LogP contribution in [0.15, 0.2) is 35.8 Å². The molecule has 8 nitrogen and oxygen atoms in total. The van der Waals surface area contributed by atoms with Gasteiger partial charge in [0.15, 0.2) is 5.82 Å². The Labute approximate surface area is 166 Å². The summed E-state index contributed by atoms with van der Waals surface area (Å²) in [4.78, 5) is 18.7. The zero-order valence-corrected chi connectivity index (χ0v) is 17.4. The lowest BCUT2D eigenvalue weighted by Gasteiger charge is -2.11. The Kier molecular flexibility index (Phi) is 12.9. The summed E-state index contributed by atoms with van der Waals surface area (Å²) >= 11 is 0. The topological polar surface area (TPSA) is 132 Å². The minimum absolute atomic E-state index is 0.113. The first kappa shape index (κ1) is 25.3. The second kappa shape index (κ2) is 14.3. The fourth-order valence-corrected chi connectivity index (χ4v) is 2.10. The van der Waals surface area contributed by atoms with Gasteiger partial charge in [-0.3, -0.25) is 4.57 Å². The van der Waals surface area contributed by atoms with Gasteiger partial charge in [-0.2, -0.15) is 4.98 Å². The molecule has 2 rings (SSSR count). The molecule has 0 aliphatic rings. The highest BCUT2D eigenvalue weighted by molar-refractivity contribution is 5.85. The number of ether oxygens (including phenoxy) is 1. The number of nitrogen functional groups attached to an aromatic ring is 1. The van der Waals surface area contributed by atoms with Gasteiger partial charge in [0.2, 0.25) is 5.88 Å². The summed E-state index contributed by atoms with van der Waals surface area (Å²) in [6.07, 6.45) is 6.65. The number of nitrogens with one attached hydrogen (secondary N) is 1. The monoisotopic (exact) mass is 393 g/mol. The number of aliphatic hydroxyl groups excluding tert-OH is 1. The Balaban J connectivity index is 0.00000108. The van der Waals surface area contributed by atoms with E-state index in [0.29, 0.717) is 36.5 Å². The van der Waals surface area contributed by atoms with Crippen molar-refractivity contribution in [1.29, 1.82) is 0 Å². The number of imidazole rings is 1. The number of allylic oxidation sites excluding steroid dienone is 2. The molecule has 2 heterocycles. The molecule has 2 aromatic rings. The van der Waals surface area contributed by atoms with Crippen molar-refractivity contribution in [3.63, 3.8) is 0 Å². The van der Waals surface area contributed by atoms with Gasteiger partial charge in [-0.05, 0) is 31.0 Å². The number of nitrogens with zero attached hydrogens (tertiary/aromatic N) is 2. The molecule has 0 aliphatic carbocycles. The zero-order valence-electron chi connectivity index (χ0n) is 17.4. The quantitative estimate of drug-likeness (QED) is 0.510. The van der Waals surface area contributed by atoms with E-state index < -0.39 is 0 Å². The molecule has 0 aliphatic heterocycles. The fraction of sp³-hybridized carbons (Fsp3) is 0.500. The Morgan fingerprint density at radius 3 is 2.64 bits per heavy atom. The molecule has 1 atom stereocenters. The summed E-state index contributed by atoms with van der Waals surface area (Å²) < 4.78 is 7.10. The first-order valence-corrected chi connectivity index (χ1v) is 9.58. The molecule has 0 saturated carbocycles. The van der Waals surface area contributed by atoms with E-state index in [4.69, 9.17) is 21.3 Å². The average molecular weight is 394 g/mol. The number of pyridine rings is 1. The molecule has 2 aromatic heterocycles. The van der Waals surface area contributed by atoms with Crippen LogP contribution >= 0.6 is 0 Å². The molecule has 0 radical (unpaired) electrons. The second-order valence-electron chi connectivity index (χ2n) is 5.83. The maximum atomic E-state index is 11.9. The van der Waals surface area contributed by atoms with Crippen LogP contribution in [0.1, 0.15) is 40.5 Å². The Morgan fingerprint density at radius 1 is 1.46 bits per heavy atom. The summed E-state index contributed by atoms with van der Waals surface area (Å²) in [5.41, 5.74) is 12.0. The number of nitrogens with two attached hydrogens (primary N) is 2. The number of hydrogen-bond donors (Lipinski definition) is 4. The van der Waals surface area contributed by atoms with Crippen molar-refractivity contribution in [2.45, 2.75) is 47.1 Å². The average Bonchev–Trinajstić information content (AvgIpc) is 3.02. The summed E-state index contributed by atoms with van der Waals surface area (Å²) in [7, 11) is 0. The van der Waals surface area contributed by atoms with Crippen molar-refractivity contribution in [3.05, 3.63) is 41.5 Å². The van der Waals surface area contributed by atoms with E-state index in [2.05, 4.69) is 23.5 Å². The molecule has 28 heavy (non-hydrogen) atoms. The van der Waals surface area contributed by atoms with Crippen LogP contribution in [0.4, 0.5) is 5.82 Å². The first-order chi connectivity index (χ1) is 13.5. The van der Waals surface area contributed by atoms with Crippen LogP contribution in [-0.4, -0.2) is 32.9 Å². The number of hydrogen-bond acceptors (Lipinski definition) is 6. The lowest BCUT2D eigenvalue weighted by atomic mass is 10.1. The fourth-order valence-electron chi connectivity index (χ4n) is 2.10. The van der Waals surface area contributed by atoms with Crippen molar-refractivity contribution in [2.75, 3.05) is 18.9 Å². The van der Waals surface area contributed by atoms with Crippen LogP contribution < -0.4 is 21.9 Å². The van der Waals surface area contributed by atoms with E-state index in [-0.39, 0.29) is 24.0 Å². The zero-order chi connectivity index (χ0) is 21.5. The van der Waals surface area contributed by atoms with Crippen molar-refractivity contribution in [2.24, 2.45) is 11.7 Å². The van der Waals surface area contributed by atoms with Gasteiger partial charge >= 0.3 is 5.69 Å². The molecule has 1 unspecified atom stereocenters. The van der Waals surface area contributed by atoms with Crippen molar-refractivity contribution < 1.29 is 9.84 Å². The molecule has 8 heteroatoms. The second-order valence-corrected chi connectivity index (χ2v) is 5.83. The van der Waals surface area contributed by atoms with Gasteiger partial charge in [-0.25, -0.2) is 4.79 Å². The number of anilines is 1. The van der Waals surface area contributed by atoms with E-state index in [1.807, 2.05) is 26.8 Å². The minimum atomic E-state index is -0.285. The SMILES string of the molecule is C=CCC.CC.CC(CCO)COc1cc2c([nH]c(=O)n2C/C=C/N)c(N)n1. The first-order valence-electron chi connectivity index (χ1n) is 9.58. The van der Waals surface area contributed by atoms with E-state index in [1.54, 1.807) is 12.1 Å². The Bertz CT molecular complexity index is 780. The number of H-pyrrole nitrogens is 1. The smallest absolute Gasteiger partial charge is 0.326 e. The minimum Gasteiger partial charge on any atom is -0.477 e. The third-order valence-electron chi connectivity index (χ3n) is 3.62. The number of aromatic amines is 1. The van der Waals surface area contributed by atoms with Gasteiger partial charge < -0.3 is 26.3 Å². The summed E-state index contributed by atoms with van der Waals surface area (Å²) in [5.74, 6) is 0.742. The van der Waals surface area contributed by atoms with E-state index in [9.17, 15) is 4.79 Å². The molecule has 0 aromatic carbocycles. The van der Waals surface area contributed by atoms with Crippen LogP contribution in [0.2, 0.25) is 0 Å². The highest BCUT2D eigenvalue weighted by Gasteiger charge is 2.13. The summed E-state index contributed by atoms with van der Waals surface area (Å²) in [6.45, 7) is 12.4. The van der Waals surface area contributed by atoms with Gasteiger partial charge in [0.05, 0.1) is 12.1 Å². The van der Waals surface area contributed by atoms with Gasteiger partial charge in [-0.15, -0.1) is 6.58 Å². The number of fused-ring (bicyclic) bond motifs is 1. The van der Waals surface area contributed by atoms with Crippen LogP contribution in [-0.2, 0) is 6.54 Å². The molecule has 0 amide bonds. The van der Waals surface area contributed by atoms with Crippen LogP contribution in [0.25, 0.3) is 11.0 Å². The molecule has 0 saturated heterocycles. The Morgan fingerprint density at radius 2 is 2.11 bits per heavy atom. The lowest BCUT2D eigenvalue weighted by Crippen LogP contribution is -2.16. The Hall–Kier alpha value is -2.74. The molecule has 0 bridgehead atoms. The molecule has 158 valence electrons. The van der Waals surface area contributed by atoms with Gasteiger partial charge in [0, 0.05) is 19.2 Å². The molecular formula is C20H35N5O3. The van der Waals surface area contributed by atoms with Crippen LogP contribution in [0.3, 0.4) is 0 Å². The molecule has 0 fully saturated rings. The molecule has 6 N–H and O–H groups in total. The highest BCUT2D eigenvalue weighted by Crippen LogP contribution is 2.22. The molecular weight excluding hydrogens is 358 g/mol. The highest BCUT2D eigenvalue weighted by atomic mass is 16.5. The predicted octanol–water partition coefficient (Wildman–Crippen LogP) is 2.79. The summed E-state index contributed by atoms with van der Waals surface area (Å²) in [6, 6.07) is 1.67. The van der Waals surface area contributed by atoms with Crippen molar-refractivity contribution in [1.82, 2.24) is 14.5 Å². The van der Waals surface area contributed by atoms with Crippen LogP contribution in [0, 0.1) is 5.92 Å². The molecule has 0 spiro atoms. The van der Waals surface area contributed by atoms with Crippen molar-refractivity contribution in [3.8, 4) is 5.88 Å². The van der Waals surface area contributed by atoms with Crippen molar-refractivity contribution >= 4 is 16.9 Å². The lowest BCUT2D eigenvalue weighted by molar-refractivity contribution is 0.204. The summed E-state index contributed by atoms with van der Waals surface area (Å²) in [5, 5.41) is 8.89. The predicted molar refractivity (Wildman–Crippen MR) is 116 cm³/mol. The van der Waals surface area contributed by atoms with E-state index in [1.165, 1.54) is 10.8 Å². The van der Waals surface area contributed by atoms with E-state index >= 15 is 0 Å². The van der Waals surface area contributed by atoms with E-state index in [0.717, 1.165) is 6.42 Å². The number of aromatic nitrogens is 3. The third kappa shape index (κ3) is 7.87. The maximum absolute atomic E-state index is 11.9. The van der Waals surface area contributed by atoms with Gasteiger partial charge in [0.1, 0.15) is 5.52 Å². The third-order valence-corrected chi connectivity index (χ3v) is 3.62. The maximum Gasteiger partial charge on any atom is 0.326 e. The number of rotatable bonds is 8. The number of aliphatic hydroxyl groups is 1. The van der Waals surface area contributed by atoms with Crippen LogP contribution in [0.5, 0.6) is 5.88 Å². The largest absolute Gasteiger partial charge is 0.477 e. The van der Waals surface area contributed by atoms with Gasteiger partial charge in [0.25, 0.3) is 0 Å². The normalized spacial score (nSPS) is 11.3. The van der Waals surface area contributed by atoms with Gasteiger partial charge in [-0.1, -0.05) is 33.8 Å². The standard InChI is InChI=1S/C14H21N5O3.C4H8.C2H6/c1-9(3-6-20)8-22-11-7-10-12(13(16)17-11)18-14(21)19(10)5-2-4-15;1-3-4-2;1-2/h2,4,7,9,20H,3,5-6,8,15H2,1H3,(H2,16,17)(H,18,21);3H,1,4H2,2H3;1-2H3/b4-2+;;.